The number of carbonyl (C=O) groups excluding carboxylic acids is 1. The number of rotatable bonds is 4. The van der Waals surface area contributed by atoms with Crippen LogP contribution in [0.3, 0.4) is 0 Å². The van der Waals surface area contributed by atoms with Gasteiger partial charge in [0.1, 0.15) is 6.10 Å². The molecule has 1 N–H and O–H groups in total. The molecule has 2 aromatic rings. The SMILES string of the molecule is Cc1c([C@H]2OCC[C@@H]2NC(=O)[C@@H](C)c2ccsc2)cnn1C. The van der Waals surface area contributed by atoms with Crippen LogP contribution in [0.25, 0.3) is 0 Å². The summed E-state index contributed by atoms with van der Waals surface area (Å²) in [7, 11) is 1.92. The average Bonchev–Trinajstić information content (AvgIpc) is 3.22. The second-order valence-electron chi connectivity index (χ2n) is 5.78. The summed E-state index contributed by atoms with van der Waals surface area (Å²) < 4.78 is 7.69. The van der Waals surface area contributed by atoms with Gasteiger partial charge in [-0.05, 0) is 42.7 Å². The zero-order valence-electron chi connectivity index (χ0n) is 13.1. The molecule has 0 aromatic carbocycles. The van der Waals surface area contributed by atoms with Crippen molar-refractivity contribution < 1.29 is 9.53 Å². The van der Waals surface area contributed by atoms with Crippen molar-refractivity contribution in [3.8, 4) is 0 Å². The van der Waals surface area contributed by atoms with Gasteiger partial charge >= 0.3 is 0 Å². The molecule has 0 aliphatic carbocycles. The van der Waals surface area contributed by atoms with E-state index < -0.39 is 0 Å². The van der Waals surface area contributed by atoms with E-state index in [2.05, 4.69) is 10.4 Å². The summed E-state index contributed by atoms with van der Waals surface area (Å²) in [5.74, 6) is -0.0806. The molecule has 3 atom stereocenters. The van der Waals surface area contributed by atoms with Crippen LogP contribution in [-0.2, 0) is 16.6 Å². The van der Waals surface area contributed by atoms with E-state index in [1.54, 1.807) is 11.3 Å². The lowest BCUT2D eigenvalue weighted by Gasteiger charge is -2.21. The normalized spacial score (nSPS) is 22.7. The van der Waals surface area contributed by atoms with Crippen LogP contribution >= 0.6 is 11.3 Å². The van der Waals surface area contributed by atoms with Crippen LogP contribution in [-0.4, -0.2) is 28.3 Å². The van der Waals surface area contributed by atoms with Crippen LogP contribution in [0.4, 0.5) is 0 Å². The molecule has 1 saturated heterocycles. The molecule has 118 valence electrons. The first-order valence-electron chi connectivity index (χ1n) is 7.50. The van der Waals surface area contributed by atoms with Crippen molar-refractivity contribution in [1.29, 1.82) is 0 Å². The maximum absolute atomic E-state index is 12.5. The van der Waals surface area contributed by atoms with E-state index in [9.17, 15) is 4.79 Å². The average molecular weight is 319 g/mol. The Hall–Kier alpha value is -1.66. The van der Waals surface area contributed by atoms with E-state index >= 15 is 0 Å². The van der Waals surface area contributed by atoms with Crippen molar-refractivity contribution in [2.45, 2.75) is 38.3 Å². The number of hydrogen-bond acceptors (Lipinski definition) is 4. The predicted molar refractivity (Wildman–Crippen MR) is 85.9 cm³/mol. The Balaban J connectivity index is 1.71. The fourth-order valence-corrected chi connectivity index (χ4v) is 3.57. The minimum atomic E-state index is -0.137. The van der Waals surface area contributed by atoms with E-state index in [4.69, 9.17) is 4.74 Å². The van der Waals surface area contributed by atoms with Gasteiger partial charge in [-0.1, -0.05) is 0 Å². The highest BCUT2D eigenvalue weighted by Crippen LogP contribution is 2.31. The summed E-state index contributed by atoms with van der Waals surface area (Å²) in [4.78, 5) is 12.5. The van der Waals surface area contributed by atoms with E-state index in [1.807, 2.05) is 48.6 Å². The summed E-state index contributed by atoms with van der Waals surface area (Å²) in [5, 5.41) is 11.5. The highest BCUT2D eigenvalue weighted by molar-refractivity contribution is 7.08. The van der Waals surface area contributed by atoms with E-state index in [1.165, 1.54) is 0 Å². The molecule has 5 nitrogen and oxygen atoms in total. The predicted octanol–water partition coefficient (Wildman–Crippen LogP) is 2.54. The Morgan fingerprint density at radius 3 is 3.05 bits per heavy atom. The van der Waals surface area contributed by atoms with E-state index in [0.29, 0.717) is 6.61 Å². The second kappa shape index (κ2) is 6.22. The molecule has 6 heteroatoms. The number of ether oxygens (including phenoxy) is 1. The smallest absolute Gasteiger partial charge is 0.227 e. The number of hydrogen-bond donors (Lipinski definition) is 1. The Bertz CT molecular complexity index is 650. The molecule has 1 aliphatic heterocycles. The van der Waals surface area contributed by atoms with Gasteiger partial charge in [-0.2, -0.15) is 16.4 Å². The number of thiophene rings is 1. The van der Waals surface area contributed by atoms with Crippen LogP contribution in [0.2, 0.25) is 0 Å². The molecular weight excluding hydrogens is 298 g/mol. The molecule has 1 fully saturated rings. The molecule has 0 saturated carbocycles. The highest BCUT2D eigenvalue weighted by atomic mass is 32.1. The number of amides is 1. The first-order valence-corrected chi connectivity index (χ1v) is 8.44. The van der Waals surface area contributed by atoms with Crippen molar-refractivity contribution in [3.05, 3.63) is 39.8 Å². The molecule has 1 aliphatic rings. The van der Waals surface area contributed by atoms with Crippen molar-refractivity contribution in [2.24, 2.45) is 7.05 Å². The summed E-state index contributed by atoms with van der Waals surface area (Å²) in [5.41, 5.74) is 3.21. The maximum Gasteiger partial charge on any atom is 0.227 e. The van der Waals surface area contributed by atoms with Gasteiger partial charge in [0.2, 0.25) is 5.91 Å². The third-order valence-corrected chi connectivity index (χ3v) is 5.14. The fourth-order valence-electron chi connectivity index (χ4n) is 2.82. The molecule has 0 radical (unpaired) electrons. The Morgan fingerprint density at radius 1 is 1.59 bits per heavy atom. The summed E-state index contributed by atoms with van der Waals surface area (Å²) in [6.07, 6.45) is 2.57. The third kappa shape index (κ3) is 2.80. The molecule has 3 heterocycles. The molecule has 0 unspecified atom stereocenters. The van der Waals surface area contributed by atoms with Crippen molar-refractivity contribution >= 4 is 17.2 Å². The minimum Gasteiger partial charge on any atom is -0.371 e. The first kappa shape index (κ1) is 15.2. The summed E-state index contributed by atoms with van der Waals surface area (Å²) in [6.45, 7) is 4.63. The molecule has 3 rings (SSSR count). The van der Waals surface area contributed by atoms with Crippen molar-refractivity contribution in [3.63, 3.8) is 0 Å². The van der Waals surface area contributed by atoms with Gasteiger partial charge in [-0.15, -0.1) is 0 Å². The highest BCUT2D eigenvalue weighted by Gasteiger charge is 2.34. The summed E-state index contributed by atoms with van der Waals surface area (Å²) in [6, 6.07) is 2.01. The number of nitrogens with zero attached hydrogens (tertiary/aromatic N) is 2. The Labute approximate surface area is 134 Å². The zero-order chi connectivity index (χ0) is 15.7. The molecule has 0 bridgehead atoms. The fraction of sp³-hybridized carbons (Fsp3) is 0.500. The number of aryl methyl sites for hydroxylation is 1. The second-order valence-corrected chi connectivity index (χ2v) is 6.56. The summed E-state index contributed by atoms with van der Waals surface area (Å²) >= 11 is 1.61. The number of nitrogens with one attached hydrogen (secondary N) is 1. The van der Waals surface area contributed by atoms with Crippen LogP contribution in [0.15, 0.2) is 23.0 Å². The molecule has 22 heavy (non-hydrogen) atoms. The standard InChI is InChI=1S/C16H21N3O2S/c1-10(12-5-7-22-9-12)16(20)18-14-4-6-21-15(14)13-8-17-19(3)11(13)2/h5,7-10,14-15H,4,6H2,1-3H3,(H,18,20)/t10-,14-,15+/m0/s1. The van der Waals surface area contributed by atoms with Gasteiger partial charge in [0.25, 0.3) is 0 Å². The van der Waals surface area contributed by atoms with Gasteiger partial charge in [0, 0.05) is 24.9 Å². The number of aromatic nitrogens is 2. The largest absolute Gasteiger partial charge is 0.371 e. The molecule has 2 aromatic heterocycles. The van der Waals surface area contributed by atoms with Gasteiger partial charge in [-0.3, -0.25) is 9.48 Å². The quantitative estimate of drug-likeness (QED) is 0.942. The van der Waals surface area contributed by atoms with E-state index in [0.717, 1.165) is 23.2 Å². The Kier molecular flexibility index (Phi) is 4.31. The molecule has 1 amide bonds. The van der Waals surface area contributed by atoms with Gasteiger partial charge < -0.3 is 10.1 Å². The van der Waals surface area contributed by atoms with Crippen LogP contribution < -0.4 is 5.32 Å². The first-order chi connectivity index (χ1) is 10.6. The van der Waals surface area contributed by atoms with Gasteiger partial charge in [0.05, 0.1) is 18.2 Å². The molecular formula is C16H21N3O2S. The number of carbonyl (C=O) groups is 1. The minimum absolute atomic E-state index is 0.0106. The Morgan fingerprint density at radius 2 is 2.41 bits per heavy atom. The van der Waals surface area contributed by atoms with Gasteiger partial charge in [-0.25, -0.2) is 0 Å². The molecule has 0 spiro atoms. The van der Waals surface area contributed by atoms with Crippen LogP contribution in [0, 0.1) is 6.92 Å². The lowest BCUT2D eigenvalue weighted by molar-refractivity contribution is -0.123. The lowest BCUT2D eigenvalue weighted by Crippen LogP contribution is -2.39. The van der Waals surface area contributed by atoms with E-state index in [-0.39, 0.29) is 24.0 Å². The lowest BCUT2D eigenvalue weighted by atomic mass is 10.00. The van der Waals surface area contributed by atoms with Gasteiger partial charge in [0.15, 0.2) is 0 Å². The monoisotopic (exact) mass is 319 g/mol. The van der Waals surface area contributed by atoms with Crippen LogP contribution in [0.5, 0.6) is 0 Å². The van der Waals surface area contributed by atoms with Crippen LogP contribution in [0.1, 0.15) is 42.2 Å². The topological polar surface area (TPSA) is 56.1 Å². The zero-order valence-corrected chi connectivity index (χ0v) is 13.9. The third-order valence-electron chi connectivity index (χ3n) is 4.44. The maximum atomic E-state index is 12.5. The van der Waals surface area contributed by atoms with Crippen molar-refractivity contribution in [2.75, 3.05) is 6.61 Å². The van der Waals surface area contributed by atoms with Crippen molar-refractivity contribution in [1.82, 2.24) is 15.1 Å².